The number of nitrogens with one attached hydrogen (secondary N) is 2. The zero-order valence-corrected chi connectivity index (χ0v) is 65.2. The maximum Gasteiger partial charge on any atom is 0.222 e. The average Bonchev–Trinajstić information content (AvgIpc) is 0.772. The zero-order chi connectivity index (χ0) is 76.9. The predicted molar refractivity (Wildman–Crippen MR) is 380 cm³/mol. The van der Waals surface area contributed by atoms with Gasteiger partial charge in [0.05, 0.1) is 89.5 Å². The van der Waals surface area contributed by atoms with Gasteiger partial charge in [-0.15, -0.1) is 0 Å². The summed E-state index contributed by atoms with van der Waals surface area (Å²) in [5.74, 6) is 0.197. The summed E-state index contributed by atoms with van der Waals surface area (Å²) >= 11 is 1.56. The molecule has 30 atom stereocenters. The molecule has 616 valence electrons. The first-order valence-electron chi connectivity index (χ1n) is 38.7. The lowest BCUT2D eigenvalue weighted by atomic mass is 9.89. The number of hydrogen-bond donors (Lipinski definition) is 13. The molecule has 12 bridgehead atoms. The molecule has 22 rings (SSSR count). The van der Waals surface area contributed by atoms with E-state index in [1.54, 1.807) is 11.8 Å². The van der Waals surface area contributed by atoms with E-state index in [1.165, 1.54) is 0 Å². The van der Waals surface area contributed by atoms with Crippen molar-refractivity contribution in [1.82, 2.24) is 10.6 Å². The van der Waals surface area contributed by atoms with Crippen molar-refractivity contribution in [3.05, 3.63) is 0 Å². The van der Waals surface area contributed by atoms with E-state index in [0.29, 0.717) is 76.8 Å². The molecule has 0 aromatic carbocycles. The Morgan fingerprint density at radius 2 is 0.600 bits per heavy atom. The molecule has 22 aliphatic rings. The quantitative estimate of drug-likeness (QED) is 0.0389. The summed E-state index contributed by atoms with van der Waals surface area (Å²) < 4.78 is 108. The lowest BCUT2D eigenvalue weighted by Gasteiger charge is -2.52. The monoisotopic (exact) mass is 1530 g/mol. The standard InChI is InChI=1S/C73H134N2O29S/c1-36(2)30-43-61-50(77)55(82)68(93-43)100-62-44(31-37(3)4)95-70(57(84)52(62)79)102-64-46(33-39(7)8)97-72(59(86)54(64)81)104-66-48(35-41(11)12)98-73(103-65-47(34-40(9)10)96-71(58(85)53(65)80)101-63-45(32-38(5)6)94-69(99-61)56(83)51(63)78)60(87)67(66)92-19-15-28-105-29-18-75-49(76)16-20-88-22-24-90-26-27-91-25-23-89-21-17-74-42(13)14/h36-48,50-74,77-87H,15-35H2,1-14H3,(H,75,76). The van der Waals surface area contributed by atoms with Crippen LogP contribution in [0.1, 0.15) is 148 Å². The molecule has 105 heavy (non-hydrogen) atoms. The van der Waals surface area contributed by atoms with Gasteiger partial charge in [0.2, 0.25) is 5.91 Å². The lowest BCUT2D eigenvalue weighted by molar-refractivity contribution is -0.403. The minimum Gasteiger partial charge on any atom is -0.387 e. The fraction of sp³-hybridized carbons (Fsp3) is 0.986. The molecule has 22 heterocycles. The number of thioether (sulfide) groups is 1. The van der Waals surface area contributed by atoms with Crippen molar-refractivity contribution in [2.24, 2.45) is 35.5 Å². The van der Waals surface area contributed by atoms with E-state index < -0.39 is 184 Å². The van der Waals surface area contributed by atoms with Crippen molar-refractivity contribution in [1.29, 1.82) is 0 Å². The van der Waals surface area contributed by atoms with Gasteiger partial charge in [0.15, 0.2) is 37.7 Å². The van der Waals surface area contributed by atoms with Gasteiger partial charge in [-0.1, -0.05) is 96.9 Å². The summed E-state index contributed by atoms with van der Waals surface area (Å²) in [5, 5.41) is 140. The van der Waals surface area contributed by atoms with Crippen LogP contribution in [-0.4, -0.2) is 336 Å². The van der Waals surface area contributed by atoms with Gasteiger partial charge >= 0.3 is 0 Å². The van der Waals surface area contributed by atoms with E-state index in [-0.39, 0.29) is 99.6 Å². The van der Waals surface area contributed by atoms with E-state index >= 15 is 0 Å². The Bertz CT molecular complexity index is 2380. The van der Waals surface area contributed by atoms with E-state index in [0.717, 1.165) is 6.54 Å². The van der Waals surface area contributed by atoms with Crippen molar-refractivity contribution in [2.75, 3.05) is 84.1 Å². The van der Waals surface area contributed by atoms with Crippen LogP contribution in [0.2, 0.25) is 0 Å². The number of carbonyl (C=O) groups excluding carboxylic acids is 1. The summed E-state index contributed by atoms with van der Waals surface area (Å²) in [5.41, 5.74) is 0. The number of ether oxygens (including phenoxy) is 17. The van der Waals surface area contributed by atoms with E-state index in [2.05, 4.69) is 24.5 Å². The van der Waals surface area contributed by atoms with Crippen LogP contribution in [0, 0.1) is 35.5 Å². The maximum atomic E-state index is 12.8. The van der Waals surface area contributed by atoms with Gasteiger partial charge < -0.3 is 147 Å². The molecule has 0 radical (unpaired) electrons. The highest BCUT2D eigenvalue weighted by atomic mass is 32.2. The molecule has 31 nitrogen and oxygen atoms in total. The molecular weight excluding hydrogens is 1400 g/mol. The second kappa shape index (κ2) is 44.9. The van der Waals surface area contributed by atoms with Crippen LogP contribution in [0.5, 0.6) is 0 Å². The Morgan fingerprint density at radius 1 is 0.324 bits per heavy atom. The first kappa shape index (κ1) is 90.8. The number of hydrogen-bond acceptors (Lipinski definition) is 31. The molecule has 0 spiro atoms. The number of amides is 1. The fourth-order valence-corrected chi connectivity index (χ4v) is 15.1. The molecule has 22 aliphatic heterocycles. The molecule has 0 aromatic heterocycles. The van der Waals surface area contributed by atoms with Crippen LogP contribution in [0.3, 0.4) is 0 Å². The molecule has 30 unspecified atom stereocenters. The molecule has 1 amide bonds. The molecule has 22 fully saturated rings. The first-order chi connectivity index (χ1) is 49.8. The fourth-order valence-electron chi connectivity index (χ4n) is 14.3. The SMILES string of the molecule is CC(C)CC1OC2OC3C(CC(C)C)OC(OC4C(CC(C)C)OC(OC5C(CC(C)C)OC(OC6C(CC(C)C)OC(OC7C(CC(C)C)OC(OC1C(O)C2O)C(O)C7O)C(O)C6O)C(O)C5OCCCSCCNC(=O)CCOCCOCCOCCOCCNC(C)C)C(O)C4O)C(O)C3O. The Balaban J connectivity index is 1.11. The van der Waals surface area contributed by atoms with Crippen LogP contribution < -0.4 is 10.6 Å². The molecule has 0 aromatic rings. The van der Waals surface area contributed by atoms with Crippen LogP contribution >= 0.6 is 11.8 Å². The summed E-state index contributed by atoms with van der Waals surface area (Å²) in [6.07, 6.45) is -44.5. The third kappa shape index (κ3) is 27.2. The van der Waals surface area contributed by atoms with Gasteiger partial charge in [-0.25, -0.2) is 0 Å². The van der Waals surface area contributed by atoms with Gasteiger partial charge in [0.1, 0.15) is 110 Å². The number of aliphatic hydroxyl groups excluding tert-OH is 11. The van der Waals surface area contributed by atoms with Crippen LogP contribution in [-0.2, 0) is 85.3 Å². The summed E-state index contributed by atoms with van der Waals surface area (Å²) in [4.78, 5) is 12.7. The smallest absolute Gasteiger partial charge is 0.222 e. The summed E-state index contributed by atoms with van der Waals surface area (Å²) in [6, 6.07) is 0.412. The van der Waals surface area contributed by atoms with Gasteiger partial charge in [0, 0.05) is 37.9 Å². The Labute approximate surface area is 625 Å². The topological polar surface area (TPSA) is 421 Å². The van der Waals surface area contributed by atoms with Gasteiger partial charge in [-0.2, -0.15) is 11.8 Å². The Kier molecular flexibility index (Phi) is 38.9. The molecular formula is C73H134N2O29S. The molecule has 0 saturated carbocycles. The Hall–Kier alpha value is -1.34. The normalized spacial score (nSPS) is 39.6. The van der Waals surface area contributed by atoms with Crippen molar-refractivity contribution in [3.8, 4) is 0 Å². The van der Waals surface area contributed by atoms with Crippen LogP contribution in [0.25, 0.3) is 0 Å². The Morgan fingerprint density at radius 3 is 0.905 bits per heavy atom. The highest BCUT2D eigenvalue weighted by Gasteiger charge is 2.59. The zero-order valence-electron chi connectivity index (χ0n) is 64.4. The lowest BCUT2D eigenvalue weighted by Crippen LogP contribution is -2.68. The number of carbonyl (C=O) groups is 1. The van der Waals surface area contributed by atoms with Gasteiger partial charge in [-0.3, -0.25) is 4.79 Å². The minimum absolute atomic E-state index is 0.0398. The van der Waals surface area contributed by atoms with E-state index in [9.17, 15) is 61.0 Å². The predicted octanol–water partition coefficient (Wildman–Crippen LogP) is 0.986. The van der Waals surface area contributed by atoms with Crippen molar-refractivity contribution in [2.45, 2.75) is 339 Å². The second-order valence-electron chi connectivity index (χ2n) is 32.0. The number of rotatable bonds is 36. The highest BCUT2D eigenvalue weighted by molar-refractivity contribution is 7.99. The number of aliphatic hydroxyl groups is 11. The minimum atomic E-state index is -1.89. The largest absolute Gasteiger partial charge is 0.387 e. The van der Waals surface area contributed by atoms with Crippen LogP contribution in [0.15, 0.2) is 0 Å². The summed E-state index contributed by atoms with van der Waals surface area (Å²) in [7, 11) is 0. The van der Waals surface area contributed by atoms with Crippen molar-refractivity contribution in [3.63, 3.8) is 0 Å². The van der Waals surface area contributed by atoms with Crippen molar-refractivity contribution >= 4 is 17.7 Å². The van der Waals surface area contributed by atoms with Gasteiger partial charge in [-0.05, 0) is 86.2 Å². The maximum absolute atomic E-state index is 12.8. The molecule has 32 heteroatoms. The molecule has 0 aliphatic carbocycles. The van der Waals surface area contributed by atoms with Crippen molar-refractivity contribution < 1.29 is 141 Å². The highest BCUT2D eigenvalue weighted by Crippen LogP contribution is 2.42. The average molecular weight is 1540 g/mol. The second-order valence-corrected chi connectivity index (χ2v) is 33.2. The third-order valence-corrected chi connectivity index (χ3v) is 20.6. The van der Waals surface area contributed by atoms with Crippen LogP contribution in [0.4, 0.5) is 0 Å². The molecule has 22 saturated heterocycles. The first-order valence-corrected chi connectivity index (χ1v) is 39.8. The van der Waals surface area contributed by atoms with E-state index in [1.807, 2.05) is 83.1 Å². The summed E-state index contributed by atoms with van der Waals surface area (Å²) in [6.45, 7) is 31.6. The third-order valence-electron chi connectivity index (χ3n) is 19.5. The van der Waals surface area contributed by atoms with Gasteiger partial charge in [0.25, 0.3) is 0 Å². The molecule has 13 N–H and O–H groups in total. The van der Waals surface area contributed by atoms with E-state index in [4.69, 9.17) is 80.5 Å².